The normalized spacial score (nSPS) is 11.8. The number of furan rings is 1. The van der Waals surface area contributed by atoms with Gasteiger partial charge in [-0.25, -0.2) is 4.98 Å². The fourth-order valence-corrected chi connectivity index (χ4v) is 6.91. The Kier molecular flexibility index (Phi) is 5.77. The molecular weight excluding hydrogens is 590 g/mol. The molecule has 0 aliphatic heterocycles. The summed E-state index contributed by atoms with van der Waals surface area (Å²) >= 11 is 0. The van der Waals surface area contributed by atoms with Crippen molar-refractivity contribution in [2.75, 3.05) is 0 Å². The quantitative estimate of drug-likeness (QED) is 0.197. The molecule has 0 radical (unpaired) electrons. The summed E-state index contributed by atoms with van der Waals surface area (Å²) in [6.07, 6.45) is 3.54. The third-order valence-corrected chi connectivity index (χ3v) is 9.15. The Morgan fingerprint density at radius 1 is 0.479 bits per heavy atom. The van der Waals surface area contributed by atoms with E-state index in [1.807, 2.05) is 24.3 Å². The molecule has 0 fully saturated rings. The molecule has 0 saturated carbocycles. The highest BCUT2D eigenvalue weighted by Crippen LogP contribution is 2.37. The molecule has 6 aromatic carbocycles. The number of nitrogens with zero attached hydrogens (tertiary/aromatic N) is 5. The Hall–Kier alpha value is -6.66. The van der Waals surface area contributed by atoms with E-state index in [0.717, 1.165) is 65.6 Å². The van der Waals surface area contributed by atoms with Gasteiger partial charge in [-0.3, -0.25) is 9.55 Å². The largest absolute Gasteiger partial charge is 0.454 e. The second-order valence-electron chi connectivity index (χ2n) is 11.9. The maximum absolute atomic E-state index is 6.20. The lowest BCUT2D eigenvalue weighted by Crippen LogP contribution is -2.06. The molecule has 4 heterocycles. The lowest BCUT2D eigenvalue weighted by Gasteiger charge is -2.12. The Morgan fingerprint density at radius 2 is 1.17 bits per heavy atom. The highest BCUT2D eigenvalue weighted by molar-refractivity contribution is 6.12. The van der Waals surface area contributed by atoms with Gasteiger partial charge in [-0.1, -0.05) is 103 Å². The Morgan fingerprint density at radius 3 is 1.96 bits per heavy atom. The minimum absolute atomic E-state index is 0.554. The highest BCUT2D eigenvalue weighted by atomic mass is 16.3. The molecule has 6 nitrogen and oxygen atoms in total. The zero-order chi connectivity index (χ0) is 31.6. The first-order valence-corrected chi connectivity index (χ1v) is 15.9. The molecule has 0 atom stereocenters. The maximum atomic E-state index is 6.20. The number of benzene rings is 6. The molecule has 0 saturated heterocycles. The first-order valence-electron chi connectivity index (χ1n) is 15.9. The van der Waals surface area contributed by atoms with Crippen molar-refractivity contribution >= 4 is 54.5 Å². The molecular formula is C42H25N5O. The average molecular weight is 616 g/mol. The summed E-state index contributed by atoms with van der Waals surface area (Å²) in [4.78, 5) is 19.8. The number of pyridine rings is 1. The smallest absolute Gasteiger partial charge is 0.238 e. The number of fused-ring (bicyclic) bond motifs is 7. The van der Waals surface area contributed by atoms with Crippen LogP contribution in [0.15, 0.2) is 156 Å². The summed E-state index contributed by atoms with van der Waals surface area (Å²) < 4.78 is 8.34. The molecule has 4 aromatic heterocycles. The summed E-state index contributed by atoms with van der Waals surface area (Å²) in [7, 11) is 0. The zero-order valence-electron chi connectivity index (χ0n) is 25.6. The predicted octanol–water partition coefficient (Wildman–Crippen LogP) is 10.4. The van der Waals surface area contributed by atoms with Crippen molar-refractivity contribution in [1.29, 1.82) is 0 Å². The molecule has 0 spiro atoms. The van der Waals surface area contributed by atoms with E-state index in [1.165, 1.54) is 11.1 Å². The van der Waals surface area contributed by atoms with Crippen LogP contribution in [0.5, 0.6) is 0 Å². The van der Waals surface area contributed by atoms with Gasteiger partial charge in [0.1, 0.15) is 5.58 Å². The van der Waals surface area contributed by atoms with Crippen molar-refractivity contribution in [3.63, 3.8) is 0 Å². The summed E-state index contributed by atoms with van der Waals surface area (Å²) in [5.74, 6) is 1.72. The third kappa shape index (κ3) is 4.13. The second kappa shape index (κ2) is 10.4. The van der Waals surface area contributed by atoms with Crippen molar-refractivity contribution in [3.8, 4) is 39.9 Å². The lowest BCUT2D eigenvalue weighted by molar-refractivity contribution is 0.667. The summed E-state index contributed by atoms with van der Waals surface area (Å²) in [5, 5.41) is 6.48. The Labute approximate surface area is 274 Å². The summed E-state index contributed by atoms with van der Waals surface area (Å²) in [5.41, 5.74) is 7.71. The minimum atomic E-state index is 0.554. The molecule has 0 N–H and O–H groups in total. The standard InChI is InChI=1S/C42H25N5O/c1-2-9-26(10-3-1)27-17-18-29-24-30(20-19-28(29)23-27)40-44-41(34-13-8-16-37-39(34)33-21-22-43-25-38(33)48-37)46-42(45-40)47-35-14-6-4-11-31(35)32-12-5-7-15-36(32)47/h1-25H. The topological polar surface area (TPSA) is 69.6 Å². The number of hydrogen-bond donors (Lipinski definition) is 0. The van der Waals surface area contributed by atoms with Gasteiger partial charge in [-0.05, 0) is 58.3 Å². The first-order chi connectivity index (χ1) is 23.8. The average Bonchev–Trinajstić information content (AvgIpc) is 3.71. The van der Waals surface area contributed by atoms with E-state index in [4.69, 9.17) is 19.4 Å². The molecule has 48 heavy (non-hydrogen) atoms. The van der Waals surface area contributed by atoms with Gasteiger partial charge in [0.15, 0.2) is 17.2 Å². The molecule has 10 aromatic rings. The van der Waals surface area contributed by atoms with Crippen molar-refractivity contribution in [3.05, 3.63) is 152 Å². The minimum Gasteiger partial charge on any atom is -0.454 e. The molecule has 10 rings (SSSR count). The van der Waals surface area contributed by atoms with Crippen LogP contribution in [0.2, 0.25) is 0 Å². The summed E-state index contributed by atoms with van der Waals surface area (Å²) in [6, 6.07) is 48.2. The van der Waals surface area contributed by atoms with E-state index in [1.54, 1.807) is 12.4 Å². The van der Waals surface area contributed by atoms with Gasteiger partial charge in [0, 0.05) is 38.9 Å². The summed E-state index contributed by atoms with van der Waals surface area (Å²) in [6.45, 7) is 0. The van der Waals surface area contributed by atoms with Crippen molar-refractivity contribution in [2.45, 2.75) is 0 Å². The number of rotatable bonds is 4. The molecule has 0 unspecified atom stereocenters. The van der Waals surface area contributed by atoms with Crippen LogP contribution >= 0.6 is 0 Å². The third-order valence-electron chi connectivity index (χ3n) is 9.15. The number of aromatic nitrogens is 5. The van der Waals surface area contributed by atoms with Crippen LogP contribution in [-0.4, -0.2) is 24.5 Å². The van der Waals surface area contributed by atoms with E-state index in [9.17, 15) is 0 Å². The number of para-hydroxylation sites is 2. The van der Waals surface area contributed by atoms with E-state index < -0.39 is 0 Å². The molecule has 224 valence electrons. The number of hydrogen-bond acceptors (Lipinski definition) is 5. The SMILES string of the molecule is c1ccc(-c2ccc3cc(-c4nc(-c5cccc6oc7cnccc7c56)nc(-n5c6ccccc6c6ccccc65)n4)ccc3c2)cc1. The van der Waals surface area contributed by atoms with Crippen LogP contribution < -0.4 is 0 Å². The van der Waals surface area contributed by atoms with Gasteiger partial charge in [0.25, 0.3) is 0 Å². The van der Waals surface area contributed by atoms with Crippen LogP contribution in [0.1, 0.15) is 0 Å². The Bertz CT molecular complexity index is 2800. The predicted molar refractivity (Wildman–Crippen MR) is 193 cm³/mol. The fourth-order valence-electron chi connectivity index (χ4n) is 6.91. The van der Waals surface area contributed by atoms with Crippen LogP contribution in [0.25, 0.3) is 94.4 Å². The van der Waals surface area contributed by atoms with Gasteiger partial charge in [-0.15, -0.1) is 0 Å². The van der Waals surface area contributed by atoms with Crippen LogP contribution in [0, 0.1) is 0 Å². The maximum Gasteiger partial charge on any atom is 0.238 e. The molecule has 0 amide bonds. The molecule has 0 aliphatic carbocycles. The lowest BCUT2D eigenvalue weighted by atomic mass is 10.00. The van der Waals surface area contributed by atoms with E-state index in [2.05, 4.69) is 125 Å². The van der Waals surface area contributed by atoms with Crippen molar-refractivity contribution in [1.82, 2.24) is 24.5 Å². The van der Waals surface area contributed by atoms with Crippen molar-refractivity contribution in [2.24, 2.45) is 0 Å². The van der Waals surface area contributed by atoms with Gasteiger partial charge < -0.3 is 4.42 Å². The second-order valence-corrected chi connectivity index (χ2v) is 11.9. The van der Waals surface area contributed by atoms with Gasteiger partial charge >= 0.3 is 0 Å². The van der Waals surface area contributed by atoms with E-state index >= 15 is 0 Å². The van der Waals surface area contributed by atoms with E-state index in [-0.39, 0.29) is 0 Å². The Balaban J connectivity index is 1.23. The fraction of sp³-hybridized carbons (Fsp3) is 0. The van der Waals surface area contributed by atoms with Crippen LogP contribution in [0.4, 0.5) is 0 Å². The highest BCUT2D eigenvalue weighted by Gasteiger charge is 2.20. The van der Waals surface area contributed by atoms with Crippen LogP contribution in [0.3, 0.4) is 0 Å². The van der Waals surface area contributed by atoms with Gasteiger partial charge in [0.2, 0.25) is 5.95 Å². The molecule has 0 aliphatic rings. The first kappa shape index (κ1) is 26.5. The molecule has 6 heteroatoms. The van der Waals surface area contributed by atoms with Crippen LogP contribution in [-0.2, 0) is 0 Å². The van der Waals surface area contributed by atoms with Gasteiger partial charge in [-0.2, -0.15) is 9.97 Å². The zero-order valence-corrected chi connectivity index (χ0v) is 25.6. The monoisotopic (exact) mass is 615 g/mol. The molecule has 0 bridgehead atoms. The van der Waals surface area contributed by atoms with Crippen molar-refractivity contribution < 1.29 is 4.42 Å². The van der Waals surface area contributed by atoms with Gasteiger partial charge in [0.05, 0.1) is 17.2 Å². The van der Waals surface area contributed by atoms with E-state index in [0.29, 0.717) is 17.6 Å².